The summed E-state index contributed by atoms with van der Waals surface area (Å²) in [6.07, 6.45) is 3.56. The van der Waals surface area contributed by atoms with Crippen molar-refractivity contribution in [1.29, 1.82) is 0 Å². The van der Waals surface area contributed by atoms with Crippen LogP contribution in [0.1, 0.15) is 54.6 Å². The monoisotopic (exact) mass is 254 g/mol. The van der Waals surface area contributed by atoms with Crippen molar-refractivity contribution in [3.05, 3.63) is 15.6 Å². The van der Waals surface area contributed by atoms with E-state index in [9.17, 15) is 0 Å². The summed E-state index contributed by atoms with van der Waals surface area (Å²) >= 11 is 1.81. The molecule has 0 spiro atoms. The zero-order chi connectivity index (χ0) is 12.5. The minimum atomic E-state index is -0.222. The third-order valence-electron chi connectivity index (χ3n) is 3.61. The van der Waals surface area contributed by atoms with Gasteiger partial charge in [-0.15, -0.1) is 11.3 Å². The Balaban J connectivity index is 2.32. The Morgan fingerprint density at radius 2 is 2.24 bits per heavy atom. The zero-order valence-corrected chi connectivity index (χ0v) is 12.0. The van der Waals surface area contributed by atoms with Crippen LogP contribution >= 0.6 is 11.3 Å². The molecule has 1 aromatic rings. The molecular formula is C13H22N2OS. The SMILES string of the molecule is CCC(C)(OC)c1nc(C2CC2)c(CNC)s1. The molecule has 0 radical (unpaired) electrons. The lowest BCUT2D eigenvalue weighted by Crippen LogP contribution is -2.22. The third kappa shape index (κ3) is 2.54. The molecule has 0 amide bonds. The highest BCUT2D eigenvalue weighted by atomic mass is 32.1. The maximum atomic E-state index is 5.65. The molecule has 1 unspecified atom stereocenters. The van der Waals surface area contributed by atoms with Gasteiger partial charge in [-0.3, -0.25) is 0 Å². The van der Waals surface area contributed by atoms with Gasteiger partial charge in [-0.25, -0.2) is 4.98 Å². The lowest BCUT2D eigenvalue weighted by molar-refractivity contribution is -0.00166. The largest absolute Gasteiger partial charge is 0.371 e. The van der Waals surface area contributed by atoms with Gasteiger partial charge in [0.25, 0.3) is 0 Å². The third-order valence-corrected chi connectivity index (χ3v) is 4.92. The van der Waals surface area contributed by atoms with Crippen LogP contribution in [-0.4, -0.2) is 19.1 Å². The number of nitrogens with zero attached hydrogens (tertiary/aromatic N) is 1. The summed E-state index contributed by atoms with van der Waals surface area (Å²) in [6, 6.07) is 0. The first-order valence-corrected chi connectivity index (χ1v) is 7.16. The van der Waals surface area contributed by atoms with Crippen molar-refractivity contribution in [3.8, 4) is 0 Å². The molecule has 1 aliphatic carbocycles. The molecule has 0 bridgehead atoms. The average molecular weight is 254 g/mol. The summed E-state index contributed by atoms with van der Waals surface area (Å²) < 4.78 is 5.65. The van der Waals surface area contributed by atoms with Crippen LogP contribution in [0.25, 0.3) is 0 Å². The average Bonchev–Trinajstić information content (AvgIpc) is 3.10. The van der Waals surface area contributed by atoms with Gasteiger partial charge in [0.05, 0.1) is 5.69 Å². The van der Waals surface area contributed by atoms with E-state index in [1.165, 1.54) is 23.4 Å². The molecule has 17 heavy (non-hydrogen) atoms. The number of aromatic nitrogens is 1. The van der Waals surface area contributed by atoms with E-state index in [1.54, 1.807) is 7.11 Å². The number of thiazole rings is 1. The minimum absolute atomic E-state index is 0.222. The van der Waals surface area contributed by atoms with Crippen molar-refractivity contribution in [2.24, 2.45) is 0 Å². The van der Waals surface area contributed by atoms with Crippen LogP contribution in [0.4, 0.5) is 0 Å². The van der Waals surface area contributed by atoms with Crippen LogP contribution in [0.3, 0.4) is 0 Å². The molecule has 1 N–H and O–H groups in total. The first-order chi connectivity index (χ1) is 8.14. The number of hydrogen-bond acceptors (Lipinski definition) is 4. The molecule has 1 saturated carbocycles. The first-order valence-electron chi connectivity index (χ1n) is 6.34. The Morgan fingerprint density at radius 3 is 2.71 bits per heavy atom. The highest BCUT2D eigenvalue weighted by molar-refractivity contribution is 7.11. The van der Waals surface area contributed by atoms with Gasteiger partial charge in [0.2, 0.25) is 0 Å². The number of rotatable bonds is 6. The number of nitrogens with one attached hydrogen (secondary N) is 1. The van der Waals surface area contributed by atoms with Crippen molar-refractivity contribution in [3.63, 3.8) is 0 Å². The van der Waals surface area contributed by atoms with Gasteiger partial charge in [-0.05, 0) is 33.2 Å². The molecule has 0 aliphatic heterocycles. The van der Waals surface area contributed by atoms with Gasteiger partial charge in [0.15, 0.2) is 0 Å². The van der Waals surface area contributed by atoms with E-state index in [2.05, 4.69) is 19.2 Å². The minimum Gasteiger partial charge on any atom is -0.371 e. The van der Waals surface area contributed by atoms with Crippen LogP contribution in [0, 0.1) is 0 Å². The summed E-state index contributed by atoms with van der Waals surface area (Å²) in [4.78, 5) is 6.25. The fraction of sp³-hybridized carbons (Fsp3) is 0.769. The van der Waals surface area contributed by atoms with Crippen LogP contribution in [0.2, 0.25) is 0 Å². The molecule has 1 fully saturated rings. The van der Waals surface area contributed by atoms with Gasteiger partial charge in [-0.2, -0.15) is 0 Å². The Hall–Kier alpha value is -0.450. The Morgan fingerprint density at radius 1 is 1.53 bits per heavy atom. The van der Waals surface area contributed by atoms with Gasteiger partial charge in [0.1, 0.15) is 10.6 Å². The Kier molecular flexibility index (Phi) is 3.85. The fourth-order valence-corrected chi connectivity index (χ4v) is 3.29. The number of ether oxygens (including phenoxy) is 1. The molecule has 3 nitrogen and oxygen atoms in total. The van der Waals surface area contributed by atoms with Crippen LogP contribution in [-0.2, 0) is 16.9 Å². The Bertz CT molecular complexity index is 381. The molecule has 1 aromatic heterocycles. The predicted octanol–water partition coefficient (Wildman–Crippen LogP) is 3.01. The lowest BCUT2D eigenvalue weighted by Gasteiger charge is -2.23. The van der Waals surface area contributed by atoms with E-state index < -0.39 is 0 Å². The van der Waals surface area contributed by atoms with Crippen molar-refractivity contribution < 1.29 is 4.74 Å². The Labute approximate surface area is 108 Å². The zero-order valence-electron chi connectivity index (χ0n) is 11.2. The van der Waals surface area contributed by atoms with Crippen molar-refractivity contribution in [2.45, 2.75) is 51.2 Å². The quantitative estimate of drug-likeness (QED) is 0.847. The molecular weight excluding hydrogens is 232 g/mol. The van der Waals surface area contributed by atoms with Crippen molar-refractivity contribution in [1.82, 2.24) is 10.3 Å². The topological polar surface area (TPSA) is 34.1 Å². The molecule has 1 aliphatic rings. The number of methoxy groups -OCH3 is 1. The van der Waals surface area contributed by atoms with Gasteiger partial charge in [-0.1, -0.05) is 6.92 Å². The van der Waals surface area contributed by atoms with Crippen LogP contribution < -0.4 is 5.32 Å². The van der Waals surface area contributed by atoms with E-state index in [-0.39, 0.29) is 5.60 Å². The highest BCUT2D eigenvalue weighted by Gasteiger charge is 2.34. The maximum Gasteiger partial charge on any atom is 0.125 e. The molecule has 1 heterocycles. The predicted molar refractivity (Wildman–Crippen MR) is 71.5 cm³/mol. The molecule has 1 atom stereocenters. The summed E-state index contributed by atoms with van der Waals surface area (Å²) in [5.41, 5.74) is 1.09. The standard InChI is InChI=1S/C13H22N2OS/c1-5-13(2,16-4)12-15-11(9-6-7-9)10(17-12)8-14-3/h9,14H,5-8H2,1-4H3. The molecule has 2 rings (SSSR count). The molecule has 0 aromatic carbocycles. The normalized spacial score (nSPS) is 19.3. The second-order valence-corrected chi connectivity index (χ2v) is 6.00. The summed E-state index contributed by atoms with van der Waals surface area (Å²) in [7, 11) is 3.77. The van der Waals surface area contributed by atoms with E-state index >= 15 is 0 Å². The van der Waals surface area contributed by atoms with E-state index in [1.807, 2.05) is 18.4 Å². The lowest BCUT2D eigenvalue weighted by atomic mass is 10.0. The van der Waals surface area contributed by atoms with Crippen molar-refractivity contribution >= 4 is 11.3 Å². The van der Waals surface area contributed by atoms with E-state index in [0.717, 1.165) is 18.0 Å². The highest BCUT2D eigenvalue weighted by Crippen LogP contribution is 2.44. The van der Waals surface area contributed by atoms with E-state index in [4.69, 9.17) is 9.72 Å². The summed E-state index contributed by atoms with van der Waals surface area (Å²) in [5.74, 6) is 0.710. The summed E-state index contributed by atoms with van der Waals surface area (Å²) in [6.45, 7) is 5.21. The van der Waals surface area contributed by atoms with Crippen LogP contribution in [0.5, 0.6) is 0 Å². The van der Waals surface area contributed by atoms with Crippen molar-refractivity contribution in [2.75, 3.05) is 14.2 Å². The van der Waals surface area contributed by atoms with Gasteiger partial charge in [0, 0.05) is 24.4 Å². The summed E-state index contributed by atoms with van der Waals surface area (Å²) in [5, 5.41) is 4.37. The van der Waals surface area contributed by atoms with Gasteiger partial charge >= 0.3 is 0 Å². The second kappa shape index (κ2) is 5.04. The molecule has 4 heteroatoms. The number of hydrogen-bond donors (Lipinski definition) is 1. The molecule has 0 saturated heterocycles. The smallest absolute Gasteiger partial charge is 0.125 e. The van der Waals surface area contributed by atoms with Crippen LogP contribution in [0.15, 0.2) is 0 Å². The maximum absolute atomic E-state index is 5.65. The molecule has 96 valence electrons. The second-order valence-electron chi connectivity index (χ2n) is 4.92. The fourth-order valence-electron chi connectivity index (χ4n) is 1.94. The van der Waals surface area contributed by atoms with Gasteiger partial charge < -0.3 is 10.1 Å². The first kappa shape index (κ1) is 13.0. The van der Waals surface area contributed by atoms with E-state index in [0.29, 0.717) is 5.92 Å².